The van der Waals surface area contributed by atoms with Crippen LogP contribution in [0.1, 0.15) is 32.6 Å². The number of aliphatic hydroxyl groups is 1. The molecule has 0 saturated heterocycles. The van der Waals surface area contributed by atoms with Crippen molar-refractivity contribution in [1.29, 1.82) is 0 Å². The fourth-order valence-corrected chi connectivity index (χ4v) is 2.63. The Bertz CT molecular complexity index is 388. The summed E-state index contributed by atoms with van der Waals surface area (Å²) in [4.78, 5) is 7.39. The zero-order valence-electron chi connectivity index (χ0n) is 9.99. The Hall–Kier alpha value is -1.23. The standard InChI is InChI=1S/C12H18FN3O/c1-9-3-2-4-12(6-9,7-17)16-11-5-10(13)14-8-15-11/h5,8-9,17H,2-4,6-7H2,1H3,(H,14,15,16). The smallest absolute Gasteiger partial charge is 0.217 e. The number of hydrogen-bond acceptors (Lipinski definition) is 4. The van der Waals surface area contributed by atoms with Crippen molar-refractivity contribution in [3.63, 3.8) is 0 Å². The van der Waals surface area contributed by atoms with Crippen LogP contribution in [0.3, 0.4) is 0 Å². The molecule has 94 valence electrons. The van der Waals surface area contributed by atoms with E-state index in [2.05, 4.69) is 22.2 Å². The second-order valence-corrected chi connectivity index (χ2v) is 4.99. The molecule has 2 rings (SSSR count). The zero-order chi connectivity index (χ0) is 12.3. The van der Waals surface area contributed by atoms with Crippen LogP contribution in [0.15, 0.2) is 12.4 Å². The minimum Gasteiger partial charge on any atom is -0.394 e. The van der Waals surface area contributed by atoms with E-state index in [1.54, 1.807) is 0 Å². The van der Waals surface area contributed by atoms with Crippen LogP contribution in [-0.4, -0.2) is 27.2 Å². The largest absolute Gasteiger partial charge is 0.394 e. The molecule has 1 aromatic rings. The van der Waals surface area contributed by atoms with Gasteiger partial charge in [0.1, 0.15) is 12.1 Å². The van der Waals surface area contributed by atoms with Crippen LogP contribution in [0.5, 0.6) is 0 Å². The van der Waals surface area contributed by atoms with Crippen LogP contribution in [0, 0.1) is 11.9 Å². The maximum absolute atomic E-state index is 13.0. The van der Waals surface area contributed by atoms with E-state index < -0.39 is 5.95 Å². The SMILES string of the molecule is CC1CCCC(CO)(Nc2cc(F)ncn2)C1. The lowest BCUT2D eigenvalue weighted by Crippen LogP contribution is -2.46. The molecule has 1 saturated carbocycles. The molecule has 1 aliphatic rings. The fraction of sp³-hybridized carbons (Fsp3) is 0.667. The predicted molar refractivity (Wildman–Crippen MR) is 63.1 cm³/mol. The third kappa shape index (κ3) is 2.91. The Morgan fingerprint density at radius 2 is 2.41 bits per heavy atom. The Balaban J connectivity index is 2.13. The quantitative estimate of drug-likeness (QED) is 0.792. The first kappa shape index (κ1) is 12.2. The van der Waals surface area contributed by atoms with Crippen molar-refractivity contribution < 1.29 is 9.50 Å². The number of anilines is 1. The van der Waals surface area contributed by atoms with Crippen molar-refractivity contribution in [2.75, 3.05) is 11.9 Å². The number of aliphatic hydroxyl groups excluding tert-OH is 1. The summed E-state index contributed by atoms with van der Waals surface area (Å²) in [6.07, 6.45) is 5.22. The molecule has 1 heterocycles. The number of nitrogens with one attached hydrogen (secondary N) is 1. The predicted octanol–water partition coefficient (Wildman–Crippen LogP) is 1.97. The van der Waals surface area contributed by atoms with Gasteiger partial charge in [0, 0.05) is 6.07 Å². The fourth-order valence-electron chi connectivity index (χ4n) is 2.63. The molecule has 5 heteroatoms. The lowest BCUT2D eigenvalue weighted by molar-refractivity contribution is 0.149. The second-order valence-electron chi connectivity index (χ2n) is 4.99. The van der Waals surface area contributed by atoms with Gasteiger partial charge in [0.2, 0.25) is 5.95 Å². The van der Waals surface area contributed by atoms with E-state index in [0.717, 1.165) is 19.3 Å². The summed E-state index contributed by atoms with van der Waals surface area (Å²) in [5, 5.41) is 12.8. The zero-order valence-corrected chi connectivity index (χ0v) is 9.99. The molecule has 0 aliphatic heterocycles. The molecule has 0 radical (unpaired) electrons. The van der Waals surface area contributed by atoms with Crippen molar-refractivity contribution in [2.24, 2.45) is 5.92 Å². The van der Waals surface area contributed by atoms with E-state index in [-0.39, 0.29) is 12.1 Å². The van der Waals surface area contributed by atoms with Gasteiger partial charge in [0.05, 0.1) is 12.1 Å². The van der Waals surface area contributed by atoms with Gasteiger partial charge in [0.25, 0.3) is 0 Å². The molecule has 1 aliphatic carbocycles. The van der Waals surface area contributed by atoms with Gasteiger partial charge in [-0.2, -0.15) is 4.39 Å². The number of rotatable bonds is 3. The number of nitrogens with zero attached hydrogens (tertiary/aromatic N) is 2. The van der Waals surface area contributed by atoms with Crippen LogP contribution in [0.2, 0.25) is 0 Å². The summed E-state index contributed by atoms with van der Waals surface area (Å²) >= 11 is 0. The summed E-state index contributed by atoms with van der Waals surface area (Å²) in [5.74, 6) is 0.454. The van der Waals surface area contributed by atoms with Crippen LogP contribution in [0.25, 0.3) is 0 Å². The first-order valence-electron chi connectivity index (χ1n) is 6.00. The Morgan fingerprint density at radius 3 is 3.06 bits per heavy atom. The molecule has 1 aromatic heterocycles. The minimum atomic E-state index is -0.556. The van der Waals surface area contributed by atoms with Crippen LogP contribution >= 0.6 is 0 Å². The van der Waals surface area contributed by atoms with Crippen molar-refractivity contribution >= 4 is 5.82 Å². The summed E-state index contributed by atoms with van der Waals surface area (Å²) in [5.41, 5.74) is -0.363. The second kappa shape index (κ2) is 4.96. The molecule has 17 heavy (non-hydrogen) atoms. The molecule has 2 unspecified atom stereocenters. The summed E-state index contributed by atoms with van der Waals surface area (Å²) in [7, 11) is 0. The highest BCUT2D eigenvalue weighted by molar-refractivity contribution is 5.36. The van der Waals surface area contributed by atoms with Crippen molar-refractivity contribution in [3.05, 3.63) is 18.3 Å². The van der Waals surface area contributed by atoms with Crippen LogP contribution in [-0.2, 0) is 0 Å². The lowest BCUT2D eigenvalue weighted by atomic mass is 9.77. The van der Waals surface area contributed by atoms with Crippen LogP contribution in [0.4, 0.5) is 10.2 Å². The molecule has 0 amide bonds. The van der Waals surface area contributed by atoms with Gasteiger partial charge in [-0.15, -0.1) is 0 Å². The molecule has 0 aromatic carbocycles. The van der Waals surface area contributed by atoms with E-state index >= 15 is 0 Å². The molecule has 2 N–H and O–H groups in total. The first-order chi connectivity index (χ1) is 8.13. The van der Waals surface area contributed by atoms with E-state index in [4.69, 9.17) is 0 Å². The minimum absolute atomic E-state index is 0.0446. The van der Waals surface area contributed by atoms with Crippen molar-refractivity contribution in [2.45, 2.75) is 38.1 Å². The normalized spacial score (nSPS) is 29.0. The topological polar surface area (TPSA) is 58.0 Å². The van der Waals surface area contributed by atoms with Crippen molar-refractivity contribution in [3.8, 4) is 0 Å². The van der Waals surface area contributed by atoms with Gasteiger partial charge in [-0.3, -0.25) is 0 Å². The van der Waals surface area contributed by atoms with E-state index in [1.165, 1.54) is 18.8 Å². The highest BCUT2D eigenvalue weighted by Gasteiger charge is 2.34. The Labute approximate surface area is 100 Å². The lowest BCUT2D eigenvalue weighted by Gasteiger charge is -2.39. The average molecular weight is 239 g/mol. The third-order valence-electron chi connectivity index (χ3n) is 3.42. The van der Waals surface area contributed by atoms with E-state index in [0.29, 0.717) is 11.7 Å². The van der Waals surface area contributed by atoms with Gasteiger partial charge < -0.3 is 10.4 Å². The highest BCUT2D eigenvalue weighted by atomic mass is 19.1. The molecule has 4 nitrogen and oxygen atoms in total. The summed E-state index contributed by atoms with van der Waals surface area (Å²) in [6, 6.07) is 1.26. The maximum atomic E-state index is 13.0. The number of halogens is 1. The van der Waals surface area contributed by atoms with Gasteiger partial charge in [-0.05, 0) is 18.8 Å². The van der Waals surface area contributed by atoms with E-state index in [1.807, 2.05) is 0 Å². The third-order valence-corrected chi connectivity index (χ3v) is 3.42. The van der Waals surface area contributed by atoms with Gasteiger partial charge in [-0.1, -0.05) is 19.8 Å². The molecule has 0 spiro atoms. The molecule has 0 bridgehead atoms. The molecule has 1 fully saturated rings. The van der Waals surface area contributed by atoms with Gasteiger partial charge in [0.15, 0.2) is 0 Å². The number of hydrogen-bond donors (Lipinski definition) is 2. The molecular weight excluding hydrogens is 221 g/mol. The molecule has 2 atom stereocenters. The maximum Gasteiger partial charge on any atom is 0.217 e. The monoisotopic (exact) mass is 239 g/mol. The number of aromatic nitrogens is 2. The van der Waals surface area contributed by atoms with Crippen LogP contribution < -0.4 is 5.32 Å². The Kier molecular flexibility index (Phi) is 3.57. The van der Waals surface area contributed by atoms with Gasteiger partial charge >= 0.3 is 0 Å². The summed E-state index contributed by atoms with van der Waals surface area (Å²) in [6.45, 7) is 2.22. The van der Waals surface area contributed by atoms with E-state index in [9.17, 15) is 9.50 Å². The average Bonchev–Trinajstić information content (AvgIpc) is 2.29. The first-order valence-corrected chi connectivity index (χ1v) is 6.00. The Morgan fingerprint density at radius 1 is 1.59 bits per heavy atom. The highest BCUT2D eigenvalue weighted by Crippen LogP contribution is 2.34. The molecular formula is C12H18FN3O. The van der Waals surface area contributed by atoms with Gasteiger partial charge in [-0.25, -0.2) is 9.97 Å². The summed E-state index contributed by atoms with van der Waals surface area (Å²) < 4.78 is 13.0. The van der Waals surface area contributed by atoms with Crippen molar-refractivity contribution in [1.82, 2.24) is 9.97 Å².